The van der Waals surface area contributed by atoms with Gasteiger partial charge in [-0.3, -0.25) is 0 Å². The molecule has 3 nitrogen and oxygen atoms in total. The molecule has 1 heterocycles. The van der Waals surface area contributed by atoms with Gasteiger partial charge in [0.25, 0.3) is 0 Å². The van der Waals surface area contributed by atoms with Crippen LogP contribution in [0, 0.1) is 11.3 Å². The van der Waals surface area contributed by atoms with Crippen LogP contribution in [0.2, 0.25) is 0 Å². The number of hydrogen-bond donors (Lipinski definition) is 1. The molecule has 1 aromatic carbocycles. The third-order valence-corrected chi connectivity index (χ3v) is 5.24. The zero-order valence-electron chi connectivity index (χ0n) is 13.4. The Bertz CT molecular complexity index is 445. The fourth-order valence-corrected chi connectivity index (χ4v) is 3.22. The number of rotatable bonds is 6. The molecule has 0 spiro atoms. The lowest BCUT2D eigenvalue weighted by Crippen LogP contribution is -2.36. The number of ether oxygens (including phenoxy) is 1. The van der Waals surface area contributed by atoms with Crippen LogP contribution in [-0.2, 0) is 11.3 Å². The van der Waals surface area contributed by atoms with Crippen molar-refractivity contribution in [3.8, 4) is 0 Å². The van der Waals surface area contributed by atoms with Gasteiger partial charge in [0, 0.05) is 31.9 Å². The van der Waals surface area contributed by atoms with Crippen molar-refractivity contribution in [1.82, 2.24) is 5.32 Å². The van der Waals surface area contributed by atoms with E-state index in [0.717, 1.165) is 45.3 Å². The van der Waals surface area contributed by atoms with Gasteiger partial charge >= 0.3 is 0 Å². The highest BCUT2D eigenvalue weighted by atomic mass is 16.5. The van der Waals surface area contributed by atoms with Crippen molar-refractivity contribution in [2.45, 2.75) is 33.2 Å². The van der Waals surface area contributed by atoms with Crippen LogP contribution in [0.25, 0.3) is 0 Å². The van der Waals surface area contributed by atoms with Gasteiger partial charge in [-0.1, -0.05) is 26.0 Å². The Morgan fingerprint density at radius 3 is 2.38 bits per heavy atom. The number of hydrogen-bond acceptors (Lipinski definition) is 3. The predicted molar refractivity (Wildman–Crippen MR) is 87.7 cm³/mol. The minimum absolute atomic E-state index is 0.591. The lowest BCUT2D eigenvalue weighted by atomic mass is 9.92. The summed E-state index contributed by atoms with van der Waals surface area (Å²) in [5.74, 6) is 0.800. The SMILES string of the molecule is CC(C)C1(CNCc2ccc(N3CCOCC3)cc2)CC1. The van der Waals surface area contributed by atoms with E-state index < -0.39 is 0 Å². The maximum absolute atomic E-state index is 5.40. The molecule has 0 atom stereocenters. The van der Waals surface area contributed by atoms with Crippen LogP contribution >= 0.6 is 0 Å². The maximum atomic E-state index is 5.40. The lowest BCUT2D eigenvalue weighted by Gasteiger charge is -2.29. The smallest absolute Gasteiger partial charge is 0.0642 e. The van der Waals surface area contributed by atoms with E-state index in [-0.39, 0.29) is 0 Å². The van der Waals surface area contributed by atoms with Crippen LogP contribution in [0.4, 0.5) is 5.69 Å². The van der Waals surface area contributed by atoms with Crippen LogP contribution in [-0.4, -0.2) is 32.8 Å². The maximum Gasteiger partial charge on any atom is 0.0642 e. The first-order valence-electron chi connectivity index (χ1n) is 8.32. The summed E-state index contributed by atoms with van der Waals surface area (Å²) >= 11 is 0. The molecule has 1 aliphatic carbocycles. The molecule has 0 radical (unpaired) electrons. The molecular formula is C18H28N2O. The van der Waals surface area contributed by atoms with Crippen LogP contribution in [0.15, 0.2) is 24.3 Å². The summed E-state index contributed by atoms with van der Waals surface area (Å²) in [6.45, 7) is 10.6. The third-order valence-electron chi connectivity index (χ3n) is 5.24. The molecule has 0 bridgehead atoms. The van der Waals surface area contributed by atoms with E-state index in [1.807, 2.05) is 0 Å². The standard InChI is InChI=1S/C18H28N2O/c1-15(2)18(7-8-18)14-19-13-16-3-5-17(6-4-16)20-9-11-21-12-10-20/h3-6,15,19H,7-14H2,1-2H3. The van der Waals surface area contributed by atoms with Crippen LogP contribution < -0.4 is 10.2 Å². The Kier molecular flexibility index (Phi) is 4.51. The van der Waals surface area contributed by atoms with Gasteiger partial charge in [-0.05, 0) is 41.9 Å². The second-order valence-electron chi connectivity index (χ2n) is 6.89. The Morgan fingerprint density at radius 2 is 1.81 bits per heavy atom. The zero-order chi connectivity index (χ0) is 14.7. The number of morpholine rings is 1. The summed E-state index contributed by atoms with van der Waals surface area (Å²) in [6, 6.07) is 9.01. The Balaban J connectivity index is 1.48. The van der Waals surface area contributed by atoms with E-state index in [0.29, 0.717) is 5.41 Å². The van der Waals surface area contributed by atoms with Crippen LogP contribution in [0.3, 0.4) is 0 Å². The topological polar surface area (TPSA) is 24.5 Å². The first kappa shape index (κ1) is 14.9. The van der Waals surface area contributed by atoms with Crippen LogP contribution in [0.5, 0.6) is 0 Å². The number of nitrogens with one attached hydrogen (secondary N) is 1. The first-order chi connectivity index (χ1) is 10.2. The minimum atomic E-state index is 0.591. The highest BCUT2D eigenvalue weighted by Gasteiger charge is 2.44. The quantitative estimate of drug-likeness (QED) is 0.871. The molecular weight excluding hydrogens is 260 g/mol. The number of nitrogens with zero attached hydrogens (tertiary/aromatic N) is 1. The second kappa shape index (κ2) is 6.37. The molecule has 0 amide bonds. The lowest BCUT2D eigenvalue weighted by molar-refractivity contribution is 0.122. The summed E-state index contributed by atoms with van der Waals surface area (Å²) in [4.78, 5) is 2.40. The van der Waals surface area contributed by atoms with Crippen LogP contribution in [0.1, 0.15) is 32.3 Å². The average Bonchev–Trinajstić information content (AvgIpc) is 3.30. The number of anilines is 1. The van der Waals surface area contributed by atoms with Gasteiger partial charge in [-0.2, -0.15) is 0 Å². The van der Waals surface area contributed by atoms with Crippen molar-refractivity contribution in [3.05, 3.63) is 29.8 Å². The molecule has 1 N–H and O–H groups in total. The largest absolute Gasteiger partial charge is 0.378 e. The second-order valence-corrected chi connectivity index (χ2v) is 6.89. The monoisotopic (exact) mass is 288 g/mol. The summed E-state index contributed by atoms with van der Waals surface area (Å²) in [5.41, 5.74) is 3.29. The predicted octanol–water partition coefficient (Wildman–Crippen LogP) is 3.05. The van der Waals surface area contributed by atoms with E-state index in [1.54, 1.807) is 0 Å². The molecule has 21 heavy (non-hydrogen) atoms. The third kappa shape index (κ3) is 3.58. The molecule has 0 aromatic heterocycles. The summed E-state index contributed by atoms with van der Waals surface area (Å²) in [6.07, 6.45) is 2.79. The van der Waals surface area contributed by atoms with Crippen molar-refractivity contribution < 1.29 is 4.74 Å². The highest BCUT2D eigenvalue weighted by molar-refractivity contribution is 5.47. The van der Waals surface area contributed by atoms with Gasteiger partial charge in [0.1, 0.15) is 0 Å². The molecule has 3 heteroatoms. The molecule has 0 unspecified atom stereocenters. The van der Waals surface area contributed by atoms with Gasteiger partial charge in [0.2, 0.25) is 0 Å². The summed E-state index contributed by atoms with van der Waals surface area (Å²) in [7, 11) is 0. The van der Waals surface area contributed by atoms with E-state index in [4.69, 9.17) is 4.74 Å². The van der Waals surface area contributed by atoms with Crippen molar-refractivity contribution >= 4 is 5.69 Å². The molecule has 1 aromatic rings. The summed E-state index contributed by atoms with van der Waals surface area (Å²) in [5, 5.41) is 3.65. The molecule has 2 fully saturated rings. The normalized spacial score (nSPS) is 20.8. The first-order valence-corrected chi connectivity index (χ1v) is 8.32. The van der Waals surface area contributed by atoms with E-state index >= 15 is 0 Å². The van der Waals surface area contributed by atoms with Crippen molar-refractivity contribution in [2.24, 2.45) is 11.3 Å². The van der Waals surface area contributed by atoms with Crippen molar-refractivity contribution in [3.63, 3.8) is 0 Å². The molecule has 2 aliphatic rings. The molecule has 1 saturated carbocycles. The fourth-order valence-electron chi connectivity index (χ4n) is 3.22. The minimum Gasteiger partial charge on any atom is -0.378 e. The number of benzene rings is 1. The molecule has 1 aliphatic heterocycles. The van der Waals surface area contributed by atoms with Gasteiger partial charge in [0.15, 0.2) is 0 Å². The molecule has 3 rings (SSSR count). The van der Waals surface area contributed by atoms with E-state index in [2.05, 4.69) is 48.3 Å². The van der Waals surface area contributed by atoms with Gasteiger partial charge in [-0.15, -0.1) is 0 Å². The Morgan fingerprint density at radius 1 is 1.14 bits per heavy atom. The van der Waals surface area contributed by atoms with Gasteiger partial charge < -0.3 is 15.0 Å². The Labute approximate surface area is 128 Å². The molecule has 116 valence electrons. The average molecular weight is 288 g/mol. The van der Waals surface area contributed by atoms with Crippen molar-refractivity contribution in [1.29, 1.82) is 0 Å². The Hall–Kier alpha value is -1.06. The summed E-state index contributed by atoms with van der Waals surface area (Å²) < 4.78 is 5.40. The molecule has 1 saturated heterocycles. The van der Waals surface area contributed by atoms with Gasteiger partial charge in [-0.25, -0.2) is 0 Å². The van der Waals surface area contributed by atoms with Gasteiger partial charge in [0.05, 0.1) is 13.2 Å². The van der Waals surface area contributed by atoms with E-state index in [9.17, 15) is 0 Å². The highest BCUT2D eigenvalue weighted by Crippen LogP contribution is 2.51. The zero-order valence-corrected chi connectivity index (χ0v) is 13.4. The van der Waals surface area contributed by atoms with Crippen molar-refractivity contribution in [2.75, 3.05) is 37.7 Å². The fraction of sp³-hybridized carbons (Fsp3) is 0.667. The van der Waals surface area contributed by atoms with E-state index in [1.165, 1.54) is 24.1 Å².